The second-order valence-corrected chi connectivity index (χ2v) is 5.17. The van der Waals surface area contributed by atoms with Crippen molar-refractivity contribution in [3.63, 3.8) is 0 Å². The van der Waals surface area contributed by atoms with Crippen LogP contribution in [-0.2, 0) is 6.54 Å². The number of nitrogens with one attached hydrogen (secondary N) is 1. The standard InChI is InChI=1S/C18H17FN2/c1-13(14-5-7-17(19)8-6-14)21-12-16-4-2-3-15-11-20-10-9-18(15)16/h2-11,13,21H,12H2,1H3/t13-/m1/s1. The van der Waals surface area contributed by atoms with Crippen molar-refractivity contribution in [3.8, 4) is 0 Å². The van der Waals surface area contributed by atoms with Crippen LogP contribution >= 0.6 is 0 Å². The van der Waals surface area contributed by atoms with Crippen molar-refractivity contribution in [2.24, 2.45) is 0 Å². The predicted molar refractivity (Wildman–Crippen MR) is 83.4 cm³/mol. The maximum absolute atomic E-state index is 12.9. The Kier molecular flexibility index (Phi) is 3.93. The van der Waals surface area contributed by atoms with Gasteiger partial charge in [-0.1, -0.05) is 30.3 Å². The van der Waals surface area contributed by atoms with E-state index in [1.807, 2.05) is 36.7 Å². The topological polar surface area (TPSA) is 24.9 Å². The zero-order chi connectivity index (χ0) is 14.7. The van der Waals surface area contributed by atoms with Crippen molar-refractivity contribution in [1.29, 1.82) is 0 Å². The van der Waals surface area contributed by atoms with Crippen molar-refractivity contribution in [1.82, 2.24) is 10.3 Å². The first kappa shape index (κ1) is 13.7. The first-order chi connectivity index (χ1) is 10.2. The van der Waals surface area contributed by atoms with Crippen LogP contribution in [-0.4, -0.2) is 4.98 Å². The van der Waals surface area contributed by atoms with Crippen LogP contribution in [0, 0.1) is 5.82 Å². The molecule has 0 fully saturated rings. The fourth-order valence-electron chi connectivity index (χ4n) is 2.48. The molecule has 3 heteroatoms. The monoisotopic (exact) mass is 280 g/mol. The Labute approximate surface area is 123 Å². The number of pyridine rings is 1. The number of rotatable bonds is 4. The maximum Gasteiger partial charge on any atom is 0.123 e. The minimum atomic E-state index is -0.201. The molecule has 21 heavy (non-hydrogen) atoms. The van der Waals surface area contributed by atoms with E-state index in [4.69, 9.17) is 0 Å². The highest BCUT2D eigenvalue weighted by molar-refractivity contribution is 5.84. The molecule has 0 aliphatic carbocycles. The van der Waals surface area contributed by atoms with E-state index in [1.54, 1.807) is 0 Å². The molecule has 2 aromatic carbocycles. The second kappa shape index (κ2) is 6.02. The lowest BCUT2D eigenvalue weighted by atomic mass is 10.0. The van der Waals surface area contributed by atoms with Crippen LogP contribution in [0.4, 0.5) is 4.39 Å². The molecule has 0 radical (unpaired) electrons. The van der Waals surface area contributed by atoms with Crippen LogP contribution in [0.5, 0.6) is 0 Å². The van der Waals surface area contributed by atoms with Gasteiger partial charge in [-0.15, -0.1) is 0 Å². The third-order valence-corrected chi connectivity index (χ3v) is 3.74. The van der Waals surface area contributed by atoms with Crippen LogP contribution in [0.1, 0.15) is 24.1 Å². The van der Waals surface area contributed by atoms with Gasteiger partial charge in [0.15, 0.2) is 0 Å². The van der Waals surface area contributed by atoms with Crippen molar-refractivity contribution in [3.05, 3.63) is 77.9 Å². The molecule has 2 nitrogen and oxygen atoms in total. The summed E-state index contributed by atoms with van der Waals surface area (Å²) in [5.41, 5.74) is 2.32. The number of fused-ring (bicyclic) bond motifs is 1. The zero-order valence-corrected chi connectivity index (χ0v) is 11.9. The molecular formula is C18H17FN2. The third kappa shape index (κ3) is 3.09. The van der Waals surface area contributed by atoms with Crippen molar-refractivity contribution < 1.29 is 4.39 Å². The maximum atomic E-state index is 12.9. The Morgan fingerprint density at radius 2 is 1.90 bits per heavy atom. The molecule has 106 valence electrons. The molecule has 0 unspecified atom stereocenters. The minimum Gasteiger partial charge on any atom is -0.306 e. The number of halogens is 1. The van der Waals surface area contributed by atoms with Gasteiger partial charge < -0.3 is 5.32 Å². The first-order valence-corrected chi connectivity index (χ1v) is 7.04. The fourth-order valence-corrected chi connectivity index (χ4v) is 2.48. The molecule has 1 atom stereocenters. The molecule has 0 spiro atoms. The Morgan fingerprint density at radius 3 is 2.71 bits per heavy atom. The summed E-state index contributed by atoms with van der Waals surface area (Å²) >= 11 is 0. The van der Waals surface area contributed by atoms with Gasteiger partial charge in [0.1, 0.15) is 5.82 Å². The van der Waals surface area contributed by atoms with Gasteiger partial charge in [0.25, 0.3) is 0 Å². The van der Waals surface area contributed by atoms with Gasteiger partial charge in [-0.3, -0.25) is 4.98 Å². The van der Waals surface area contributed by atoms with Crippen LogP contribution < -0.4 is 5.32 Å². The van der Waals surface area contributed by atoms with Gasteiger partial charge in [0, 0.05) is 30.4 Å². The van der Waals surface area contributed by atoms with Crippen molar-refractivity contribution >= 4 is 10.8 Å². The van der Waals surface area contributed by atoms with E-state index in [-0.39, 0.29) is 11.9 Å². The summed E-state index contributed by atoms with van der Waals surface area (Å²) in [4.78, 5) is 4.15. The average Bonchev–Trinajstić information content (AvgIpc) is 2.53. The van der Waals surface area contributed by atoms with Gasteiger partial charge in [-0.25, -0.2) is 4.39 Å². The molecule has 0 aliphatic heterocycles. The molecule has 0 amide bonds. The fraction of sp³-hybridized carbons (Fsp3) is 0.167. The molecule has 0 bridgehead atoms. The quantitative estimate of drug-likeness (QED) is 0.773. The summed E-state index contributed by atoms with van der Waals surface area (Å²) in [6, 6.07) is 15.1. The summed E-state index contributed by atoms with van der Waals surface area (Å²) in [7, 11) is 0. The summed E-state index contributed by atoms with van der Waals surface area (Å²) in [5.74, 6) is -0.201. The number of nitrogens with zero attached hydrogens (tertiary/aromatic N) is 1. The zero-order valence-electron chi connectivity index (χ0n) is 11.9. The molecule has 3 rings (SSSR count). The smallest absolute Gasteiger partial charge is 0.123 e. The summed E-state index contributed by atoms with van der Waals surface area (Å²) in [6.07, 6.45) is 3.69. The highest BCUT2D eigenvalue weighted by atomic mass is 19.1. The second-order valence-electron chi connectivity index (χ2n) is 5.17. The lowest BCUT2D eigenvalue weighted by Crippen LogP contribution is -2.18. The summed E-state index contributed by atoms with van der Waals surface area (Å²) in [5, 5.41) is 5.84. The molecular weight excluding hydrogens is 263 g/mol. The van der Waals surface area contributed by atoms with Crippen molar-refractivity contribution in [2.75, 3.05) is 0 Å². The minimum absolute atomic E-state index is 0.169. The lowest BCUT2D eigenvalue weighted by molar-refractivity contribution is 0.572. The Hall–Kier alpha value is -2.26. The molecule has 0 aliphatic rings. The van der Waals surface area contributed by atoms with E-state index in [0.717, 1.165) is 17.5 Å². The van der Waals surface area contributed by atoms with Gasteiger partial charge in [-0.2, -0.15) is 0 Å². The highest BCUT2D eigenvalue weighted by Crippen LogP contribution is 2.19. The SMILES string of the molecule is C[C@@H](NCc1cccc2cnccc12)c1ccc(F)cc1. The molecule has 1 N–H and O–H groups in total. The largest absolute Gasteiger partial charge is 0.306 e. The molecule has 0 saturated carbocycles. The van der Waals surface area contributed by atoms with Crippen LogP contribution in [0.2, 0.25) is 0 Å². The van der Waals surface area contributed by atoms with Gasteiger partial charge in [0.2, 0.25) is 0 Å². The van der Waals surface area contributed by atoms with E-state index in [0.29, 0.717) is 0 Å². The van der Waals surface area contributed by atoms with Crippen LogP contribution in [0.25, 0.3) is 10.8 Å². The average molecular weight is 280 g/mol. The third-order valence-electron chi connectivity index (χ3n) is 3.74. The normalized spacial score (nSPS) is 12.5. The number of hydrogen-bond acceptors (Lipinski definition) is 2. The summed E-state index contributed by atoms with van der Waals surface area (Å²) in [6.45, 7) is 2.85. The first-order valence-electron chi connectivity index (χ1n) is 7.04. The predicted octanol–water partition coefficient (Wildman–Crippen LogP) is 4.22. The van der Waals surface area contributed by atoms with Gasteiger partial charge in [0.05, 0.1) is 0 Å². The molecule has 1 heterocycles. The van der Waals surface area contributed by atoms with Crippen LogP contribution in [0.3, 0.4) is 0 Å². The van der Waals surface area contributed by atoms with E-state index in [9.17, 15) is 4.39 Å². The van der Waals surface area contributed by atoms with Crippen molar-refractivity contribution in [2.45, 2.75) is 19.5 Å². The van der Waals surface area contributed by atoms with Crippen LogP contribution in [0.15, 0.2) is 60.9 Å². The highest BCUT2D eigenvalue weighted by Gasteiger charge is 2.06. The van der Waals surface area contributed by atoms with Gasteiger partial charge in [-0.05, 0) is 41.6 Å². The Balaban J connectivity index is 1.76. The Bertz CT molecular complexity index is 732. The number of hydrogen-bond donors (Lipinski definition) is 1. The summed E-state index contributed by atoms with van der Waals surface area (Å²) < 4.78 is 12.9. The molecule has 1 aromatic heterocycles. The lowest BCUT2D eigenvalue weighted by Gasteiger charge is -2.15. The van der Waals surface area contributed by atoms with E-state index in [2.05, 4.69) is 29.4 Å². The van der Waals surface area contributed by atoms with E-state index < -0.39 is 0 Å². The van der Waals surface area contributed by atoms with Gasteiger partial charge >= 0.3 is 0 Å². The Morgan fingerprint density at radius 1 is 1.10 bits per heavy atom. The molecule has 0 saturated heterocycles. The molecule has 3 aromatic rings. The van der Waals surface area contributed by atoms with E-state index in [1.165, 1.54) is 23.1 Å². The van der Waals surface area contributed by atoms with E-state index >= 15 is 0 Å². The number of aromatic nitrogens is 1. The number of benzene rings is 2.